The Balaban J connectivity index is 2.15. The van der Waals surface area contributed by atoms with Crippen LogP contribution in [0.4, 0.5) is 5.69 Å². The maximum Gasteiger partial charge on any atom is 0.278 e. The Morgan fingerprint density at radius 1 is 1.37 bits per heavy atom. The fourth-order valence-electron chi connectivity index (χ4n) is 1.59. The summed E-state index contributed by atoms with van der Waals surface area (Å²) < 4.78 is 5.34. The van der Waals surface area contributed by atoms with Crippen LogP contribution in [0, 0.1) is 0 Å². The van der Waals surface area contributed by atoms with Gasteiger partial charge in [-0.3, -0.25) is 4.79 Å². The van der Waals surface area contributed by atoms with Crippen LogP contribution in [-0.2, 0) is 0 Å². The Labute approximate surface area is 110 Å². The van der Waals surface area contributed by atoms with Crippen LogP contribution in [-0.4, -0.2) is 22.6 Å². The summed E-state index contributed by atoms with van der Waals surface area (Å²) in [6, 6.07) is 10.00. The van der Waals surface area contributed by atoms with Gasteiger partial charge in [0.2, 0.25) is 0 Å². The Morgan fingerprint density at radius 3 is 2.95 bits per heavy atom. The van der Waals surface area contributed by atoms with E-state index in [0.717, 1.165) is 0 Å². The lowest BCUT2D eigenvalue weighted by Gasteiger charge is -2.08. The fourth-order valence-corrected chi connectivity index (χ4v) is 1.59. The number of benzene rings is 1. The first-order valence-electron chi connectivity index (χ1n) is 5.89. The van der Waals surface area contributed by atoms with E-state index in [-0.39, 0.29) is 11.4 Å². The van der Waals surface area contributed by atoms with Crippen molar-refractivity contribution in [3.63, 3.8) is 0 Å². The largest absolute Gasteiger partial charge is 0.505 e. The number of anilines is 1. The minimum atomic E-state index is -0.466. The number of ether oxygens (including phenoxy) is 1. The highest BCUT2D eigenvalue weighted by Crippen LogP contribution is 2.19. The van der Waals surface area contributed by atoms with Crippen molar-refractivity contribution in [2.75, 3.05) is 11.9 Å². The molecular weight excluding hydrogens is 244 g/mol. The number of hydrogen-bond donors (Lipinski definition) is 2. The molecule has 0 aliphatic heterocycles. The van der Waals surface area contributed by atoms with Crippen LogP contribution in [0.2, 0.25) is 0 Å². The van der Waals surface area contributed by atoms with Crippen LogP contribution in [0.15, 0.2) is 42.6 Å². The Morgan fingerprint density at radius 2 is 2.21 bits per heavy atom. The minimum absolute atomic E-state index is 0.00990. The molecule has 1 amide bonds. The van der Waals surface area contributed by atoms with E-state index in [1.807, 2.05) is 6.92 Å². The zero-order chi connectivity index (χ0) is 13.7. The third-order valence-electron chi connectivity index (χ3n) is 2.40. The molecule has 0 fully saturated rings. The second kappa shape index (κ2) is 5.86. The molecule has 0 saturated carbocycles. The maximum absolute atomic E-state index is 11.9. The van der Waals surface area contributed by atoms with Crippen molar-refractivity contribution >= 4 is 11.6 Å². The molecular formula is C14H14N2O3. The van der Waals surface area contributed by atoms with Gasteiger partial charge >= 0.3 is 0 Å². The van der Waals surface area contributed by atoms with Gasteiger partial charge in [0.1, 0.15) is 11.5 Å². The maximum atomic E-state index is 11.9. The lowest BCUT2D eigenvalue weighted by atomic mass is 10.2. The lowest BCUT2D eigenvalue weighted by Crippen LogP contribution is -2.13. The number of nitrogens with one attached hydrogen (secondary N) is 1. The number of carbonyl (C=O) groups excluding carboxylic acids is 1. The van der Waals surface area contributed by atoms with Gasteiger partial charge in [-0.25, -0.2) is 4.98 Å². The summed E-state index contributed by atoms with van der Waals surface area (Å²) >= 11 is 0. The second-order valence-corrected chi connectivity index (χ2v) is 3.79. The highest BCUT2D eigenvalue weighted by molar-refractivity contribution is 6.04. The Hall–Kier alpha value is -2.56. The number of rotatable bonds is 4. The van der Waals surface area contributed by atoms with Crippen LogP contribution in [0.3, 0.4) is 0 Å². The smallest absolute Gasteiger partial charge is 0.278 e. The molecule has 0 saturated heterocycles. The molecule has 2 N–H and O–H groups in total. The van der Waals surface area contributed by atoms with E-state index in [1.54, 1.807) is 30.3 Å². The topological polar surface area (TPSA) is 71.5 Å². The first-order chi connectivity index (χ1) is 9.20. The van der Waals surface area contributed by atoms with Crippen LogP contribution < -0.4 is 10.1 Å². The molecule has 0 radical (unpaired) electrons. The molecule has 0 aliphatic carbocycles. The summed E-state index contributed by atoms with van der Waals surface area (Å²) in [5, 5.41) is 12.2. The van der Waals surface area contributed by atoms with E-state index in [4.69, 9.17) is 4.74 Å². The summed E-state index contributed by atoms with van der Waals surface area (Å²) in [7, 11) is 0. The highest BCUT2D eigenvalue weighted by Gasteiger charge is 2.12. The second-order valence-electron chi connectivity index (χ2n) is 3.79. The van der Waals surface area contributed by atoms with Gasteiger partial charge in [0, 0.05) is 18.0 Å². The number of hydrogen-bond acceptors (Lipinski definition) is 4. The third kappa shape index (κ3) is 3.22. The quantitative estimate of drug-likeness (QED) is 0.883. The zero-order valence-corrected chi connectivity index (χ0v) is 10.5. The molecule has 0 bridgehead atoms. The molecule has 1 heterocycles. The summed E-state index contributed by atoms with van der Waals surface area (Å²) in [5.74, 6) is 0.0539. The summed E-state index contributed by atoms with van der Waals surface area (Å²) in [6.07, 6.45) is 1.45. The minimum Gasteiger partial charge on any atom is -0.505 e. The lowest BCUT2D eigenvalue weighted by molar-refractivity contribution is 0.101. The molecule has 19 heavy (non-hydrogen) atoms. The number of nitrogens with zero attached hydrogens (tertiary/aromatic N) is 1. The molecule has 0 unspecified atom stereocenters. The number of aromatic nitrogens is 1. The molecule has 0 aliphatic rings. The highest BCUT2D eigenvalue weighted by atomic mass is 16.5. The predicted molar refractivity (Wildman–Crippen MR) is 71.5 cm³/mol. The van der Waals surface area contributed by atoms with Crippen LogP contribution >= 0.6 is 0 Å². The van der Waals surface area contributed by atoms with Gasteiger partial charge in [0.25, 0.3) is 5.91 Å². The van der Waals surface area contributed by atoms with Crippen LogP contribution in [0.1, 0.15) is 17.4 Å². The molecule has 5 heteroatoms. The monoisotopic (exact) mass is 258 g/mol. The molecule has 0 atom stereocenters. The number of carbonyl (C=O) groups is 1. The van der Waals surface area contributed by atoms with E-state index >= 15 is 0 Å². The van der Waals surface area contributed by atoms with E-state index in [1.165, 1.54) is 12.3 Å². The molecule has 2 aromatic rings. The normalized spacial score (nSPS) is 9.95. The predicted octanol–water partition coefficient (Wildman–Crippen LogP) is 2.44. The summed E-state index contributed by atoms with van der Waals surface area (Å²) in [4.78, 5) is 15.8. The van der Waals surface area contributed by atoms with Crippen molar-refractivity contribution in [3.8, 4) is 11.5 Å². The molecule has 0 spiro atoms. The standard InChI is InChI=1S/C14H14N2O3/c1-2-19-11-6-3-5-10(9-11)16-14(18)13-12(17)7-4-8-15-13/h3-9,17H,2H2,1H3,(H,16,18). The van der Waals surface area contributed by atoms with Gasteiger partial charge in [-0.15, -0.1) is 0 Å². The first kappa shape index (κ1) is 12.9. The van der Waals surface area contributed by atoms with Crippen molar-refractivity contribution in [1.29, 1.82) is 0 Å². The average molecular weight is 258 g/mol. The van der Waals surface area contributed by atoms with Gasteiger partial charge in [-0.05, 0) is 31.2 Å². The molecule has 1 aromatic heterocycles. The van der Waals surface area contributed by atoms with Gasteiger partial charge < -0.3 is 15.2 Å². The van der Waals surface area contributed by atoms with E-state index in [9.17, 15) is 9.90 Å². The van der Waals surface area contributed by atoms with Gasteiger partial charge in [0.05, 0.1) is 6.61 Å². The van der Waals surface area contributed by atoms with Crippen molar-refractivity contribution < 1.29 is 14.6 Å². The molecule has 5 nitrogen and oxygen atoms in total. The van der Waals surface area contributed by atoms with Gasteiger partial charge in [0.15, 0.2) is 5.69 Å². The number of aromatic hydroxyl groups is 1. The van der Waals surface area contributed by atoms with Crippen molar-refractivity contribution in [2.24, 2.45) is 0 Å². The first-order valence-corrected chi connectivity index (χ1v) is 5.89. The summed E-state index contributed by atoms with van der Waals surface area (Å²) in [5.41, 5.74) is 0.574. The van der Waals surface area contributed by atoms with Gasteiger partial charge in [-0.1, -0.05) is 6.07 Å². The van der Waals surface area contributed by atoms with Crippen molar-refractivity contribution in [1.82, 2.24) is 4.98 Å². The molecule has 98 valence electrons. The third-order valence-corrected chi connectivity index (χ3v) is 2.40. The molecule has 1 aromatic carbocycles. The fraction of sp³-hybridized carbons (Fsp3) is 0.143. The van der Waals surface area contributed by atoms with Crippen LogP contribution in [0.25, 0.3) is 0 Å². The van der Waals surface area contributed by atoms with Crippen molar-refractivity contribution in [2.45, 2.75) is 6.92 Å². The zero-order valence-electron chi connectivity index (χ0n) is 10.5. The van der Waals surface area contributed by atoms with E-state index < -0.39 is 5.91 Å². The van der Waals surface area contributed by atoms with Crippen molar-refractivity contribution in [3.05, 3.63) is 48.3 Å². The SMILES string of the molecule is CCOc1cccc(NC(=O)c2ncccc2O)c1. The summed E-state index contributed by atoms with van der Waals surface area (Å²) in [6.45, 7) is 2.44. The van der Waals surface area contributed by atoms with E-state index in [0.29, 0.717) is 18.0 Å². The number of pyridine rings is 1. The van der Waals surface area contributed by atoms with Crippen LogP contribution in [0.5, 0.6) is 11.5 Å². The van der Waals surface area contributed by atoms with E-state index in [2.05, 4.69) is 10.3 Å². The molecule has 2 rings (SSSR count). The average Bonchev–Trinajstić information content (AvgIpc) is 2.40. The number of amides is 1. The Kier molecular flexibility index (Phi) is 3.97. The van der Waals surface area contributed by atoms with Gasteiger partial charge in [-0.2, -0.15) is 0 Å². The Bertz CT molecular complexity index is 584.